The van der Waals surface area contributed by atoms with Gasteiger partial charge in [-0.2, -0.15) is 0 Å². The van der Waals surface area contributed by atoms with Crippen molar-refractivity contribution in [1.82, 2.24) is 9.80 Å². The van der Waals surface area contributed by atoms with Crippen molar-refractivity contribution in [3.63, 3.8) is 0 Å². The molecule has 5 nitrogen and oxygen atoms in total. The van der Waals surface area contributed by atoms with Crippen LogP contribution in [-0.2, 0) is 0 Å². The smallest absolute Gasteiger partial charge is 0.120 e. The Morgan fingerprint density at radius 3 is 1.39 bits per heavy atom. The second-order valence-electron chi connectivity index (χ2n) is 11.4. The van der Waals surface area contributed by atoms with Gasteiger partial charge in [-0.3, -0.25) is 9.80 Å². The molecule has 2 fully saturated rings. The number of piperidine rings is 2. The van der Waals surface area contributed by atoms with Crippen LogP contribution in [0.25, 0.3) is 0 Å². The van der Waals surface area contributed by atoms with Gasteiger partial charge >= 0.3 is 0 Å². The Balaban J connectivity index is 0.000000201. The molecule has 2 aliphatic heterocycles. The molecule has 0 saturated carbocycles. The second kappa shape index (κ2) is 13.7. The van der Waals surface area contributed by atoms with Crippen molar-refractivity contribution in [2.75, 3.05) is 45.0 Å². The van der Waals surface area contributed by atoms with E-state index in [0.29, 0.717) is 0 Å². The van der Waals surface area contributed by atoms with Gasteiger partial charge in [0.05, 0.1) is 0 Å². The molecule has 200 valence electrons. The molecule has 0 bridgehead atoms. The Labute approximate surface area is 227 Å². The molecule has 2 aromatic rings. The standard InChI is InChI=1S/C15H22BrNO.C15H24N2O/c2*1-15(2,12-17-10-4-3-5-11-17)18-14-8-6-13(16)7-9-14/h6-9H,3-5,10-12H2,1-2H3;6-9H,3-5,10-12,16H2,1-2H3. The average molecular weight is 561 g/mol. The lowest BCUT2D eigenvalue weighted by atomic mass is 10.1. The van der Waals surface area contributed by atoms with E-state index in [1.165, 1.54) is 64.7 Å². The molecular weight excluding hydrogens is 514 g/mol. The summed E-state index contributed by atoms with van der Waals surface area (Å²) in [6.45, 7) is 15.5. The first-order valence-electron chi connectivity index (χ1n) is 13.5. The Morgan fingerprint density at radius 2 is 1.00 bits per heavy atom. The van der Waals surface area contributed by atoms with Crippen LogP contribution in [0.5, 0.6) is 11.5 Å². The summed E-state index contributed by atoms with van der Waals surface area (Å²) < 4.78 is 13.2. The number of nitrogens with two attached hydrogens (primary N) is 1. The van der Waals surface area contributed by atoms with Crippen molar-refractivity contribution in [2.24, 2.45) is 0 Å². The predicted molar refractivity (Wildman–Crippen MR) is 155 cm³/mol. The van der Waals surface area contributed by atoms with Crippen LogP contribution in [0.15, 0.2) is 53.0 Å². The lowest BCUT2D eigenvalue weighted by molar-refractivity contribution is 0.0517. The van der Waals surface area contributed by atoms with E-state index in [2.05, 4.69) is 53.4 Å². The largest absolute Gasteiger partial charge is 0.487 e. The Hall–Kier alpha value is -1.76. The van der Waals surface area contributed by atoms with Crippen LogP contribution in [-0.4, -0.2) is 60.3 Å². The fourth-order valence-corrected chi connectivity index (χ4v) is 5.32. The number of benzene rings is 2. The molecule has 0 aromatic heterocycles. The Bertz CT molecular complexity index is 812. The van der Waals surface area contributed by atoms with Crippen LogP contribution >= 0.6 is 15.9 Å². The van der Waals surface area contributed by atoms with Crippen molar-refractivity contribution in [3.8, 4) is 11.5 Å². The molecule has 2 aliphatic rings. The third-order valence-corrected chi connectivity index (χ3v) is 7.12. The van der Waals surface area contributed by atoms with Crippen LogP contribution in [0.2, 0.25) is 0 Å². The van der Waals surface area contributed by atoms with Gasteiger partial charge in [0.2, 0.25) is 0 Å². The normalized spacial score (nSPS) is 17.7. The average Bonchev–Trinajstić information content (AvgIpc) is 2.83. The van der Waals surface area contributed by atoms with Crippen molar-refractivity contribution in [3.05, 3.63) is 53.0 Å². The molecule has 6 heteroatoms. The van der Waals surface area contributed by atoms with Gasteiger partial charge in [-0.25, -0.2) is 0 Å². The van der Waals surface area contributed by atoms with E-state index in [9.17, 15) is 0 Å². The van der Waals surface area contributed by atoms with Crippen LogP contribution in [0.4, 0.5) is 5.69 Å². The highest BCUT2D eigenvalue weighted by molar-refractivity contribution is 9.10. The molecule has 0 spiro atoms. The predicted octanol–water partition coefficient (Wildman–Crippen LogP) is 7.00. The van der Waals surface area contributed by atoms with Crippen molar-refractivity contribution >= 4 is 21.6 Å². The summed E-state index contributed by atoms with van der Waals surface area (Å²) in [5.41, 5.74) is 6.16. The minimum atomic E-state index is -0.159. The first kappa shape index (κ1) is 28.8. The molecule has 4 rings (SSSR count). The maximum Gasteiger partial charge on any atom is 0.120 e. The number of halogens is 1. The van der Waals surface area contributed by atoms with E-state index in [4.69, 9.17) is 15.2 Å². The summed E-state index contributed by atoms with van der Waals surface area (Å²) in [5, 5.41) is 0. The molecule has 36 heavy (non-hydrogen) atoms. The zero-order valence-electron chi connectivity index (χ0n) is 22.8. The van der Waals surface area contributed by atoms with Gasteiger partial charge in [-0.1, -0.05) is 28.8 Å². The van der Waals surface area contributed by atoms with Gasteiger partial charge in [-0.05, 0) is 128 Å². The van der Waals surface area contributed by atoms with E-state index in [1.807, 2.05) is 48.5 Å². The van der Waals surface area contributed by atoms with Gasteiger partial charge in [0.15, 0.2) is 0 Å². The SMILES string of the molecule is CC(C)(CN1CCCCC1)Oc1ccc(Br)cc1.CC(C)(CN1CCCCC1)Oc1ccc(N)cc1. The van der Waals surface area contributed by atoms with E-state index in [-0.39, 0.29) is 11.2 Å². The minimum Gasteiger partial charge on any atom is -0.487 e. The van der Waals surface area contributed by atoms with Crippen LogP contribution < -0.4 is 15.2 Å². The number of ether oxygens (including phenoxy) is 2. The summed E-state index contributed by atoms with van der Waals surface area (Å²) in [6.07, 6.45) is 8.04. The van der Waals surface area contributed by atoms with Crippen LogP contribution in [0, 0.1) is 0 Å². The number of rotatable bonds is 8. The van der Waals surface area contributed by atoms with Crippen molar-refractivity contribution in [1.29, 1.82) is 0 Å². The zero-order valence-corrected chi connectivity index (χ0v) is 24.4. The number of nitrogens with zero attached hydrogens (tertiary/aromatic N) is 2. The summed E-state index contributed by atoms with van der Waals surface area (Å²) in [6, 6.07) is 15.7. The highest BCUT2D eigenvalue weighted by atomic mass is 79.9. The van der Waals surface area contributed by atoms with E-state index >= 15 is 0 Å². The Kier molecular flexibility index (Phi) is 11.0. The molecule has 0 atom stereocenters. The van der Waals surface area contributed by atoms with Crippen LogP contribution in [0.3, 0.4) is 0 Å². The summed E-state index contributed by atoms with van der Waals surface area (Å²) in [5.74, 6) is 1.84. The Morgan fingerprint density at radius 1 is 0.639 bits per heavy atom. The van der Waals surface area contributed by atoms with Gasteiger partial charge in [0.1, 0.15) is 22.7 Å². The van der Waals surface area contributed by atoms with Crippen molar-refractivity contribution in [2.45, 2.75) is 77.4 Å². The molecule has 0 aliphatic carbocycles. The molecule has 0 unspecified atom stereocenters. The number of anilines is 1. The highest BCUT2D eigenvalue weighted by Gasteiger charge is 2.25. The fourth-order valence-electron chi connectivity index (χ4n) is 5.05. The quantitative estimate of drug-likeness (QED) is 0.352. The molecular formula is C30H46BrN3O2. The topological polar surface area (TPSA) is 51.0 Å². The van der Waals surface area contributed by atoms with E-state index < -0.39 is 0 Å². The van der Waals surface area contributed by atoms with Crippen LogP contribution in [0.1, 0.15) is 66.2 Å². The second-order valence-corrected chi connectivity index (χ2v) is 12.3. The number of likely N-dealkylation sites (tertiary alicyclic amines) is 2. The maximum absolute atomic E-state index is 6.10. The summed E-state index contributed by atoms with van der Waals surface area (Å²) in [7, 11) is 0. The number of hydrogen-bond acceptors (Lipinski definition) is 5. The number of nitrogen functional groups attached to an aromatic ring is 1. The third kappa shape index (κ3) is 10.7. The first-order valence-corrected chi connectivity index (χ1v) is 14.3. The van der Waals surface area contributed by atoms with Gasteiger partial charge in [0, 0.05) is 23.2 Å². The number of hydrogen-bond donors (Lipinski definition) is 1. The third-order valence-electron chi connectivity index (χ3n) is 6.59. The molecule has 2 saturated heterocycles. The maximum atomic E-state index is 6.10. The summed E-state index contributed by atoms with van der Waals surface area (Å²) >= 11 is 3.44. The van der Waals surface area contributed by atoms with E-state index in [0.717, 1.165) is 34.7 Å². The fraction of sp³-hybridized carbons (Fsp3) is 0.600. The molecule has 0 radical (unpaired) electrons. The lowest BCUT2D eigenvalue weighted by Crippen LogP contribution is -2.44. The molecule has 2 aromatic carbocycles. The van der Waals surface area contributed by atoms with Crippen molar-refractivity contribution < 1.29 is 9.47 Å². The molecule has 2 N–H and O–H groups in total. The minimum absolute atomic E-state index is 0.134. The van der Waals surface area contributed by atoms with Gasteiger partial charge in [0.25, 0.3) is 0 Å². The lowest BCUT2D eigenvalue weighted by Gasteiger charge is -2.35. The molecule has 0 amide bonds. The van der Waals surface area contributed by atoms with E-state index in [1.54, 1.807) is 0 Å². The summed E-state index contributed by atoms with van der Waals surface area (Å²) in [4.78, 5) is 5.02. The highest BCUT2D eigenvalue weighted by Crippen LogP contribution is 2.24. The molecule has 2 heterocycles. The zero-order chi connectivity index (χ0) is 26.0. The first-order chi connectivity index (χ1) is 17.1. The monoisotopic (exact) mass is 559 g/mol. The van der Waals surface area contributed by atoms with Gasteiger partial charge < -0.3 is 15.2 Å². The van der Waals surface area contributed by atoms with Gasteiger partial charge in [-0.15, -0.1) is 0 Å².